The second-order valence-corrected chi connectivity index (χ2v) is 6.66. The minimum atomic E-state index is -0.125. The fourth-order valence-electron chi connectivity index (χ4n) is 1.53. The molecule has 0 fully saturated rings. The molecule has 0 atom stereocenters. The van der Waals surface area contributed by atoms with Crippen molar-refractivity contribution in [2.24, 2.45) is 0 Å². The van der Waals surface area contributed by atoms with Gasteiger partial charge in [-0.2, -0.15) is 0 Å². The summed E-state index contributed by atoms with van der Waals surface area (Å²) in [6, 6.07) is 2.01. The van der Waals surface area contributed by atoms with Crippen LogP contribution < -0.4 is 5.32 Å². The van der Waals surface area contributed by atoms with E-state index in [1.54, 1.807) is 16.7 Å². The third-order valence-corrected chi connectivity index (χ3v) is 5.17. The summed E-state index contributed by atoms with van der Waals surface area (Å²) in [6.45, 7) is 3.94. The Morgan fingerprint density at radius 1 is 1.45 bits per heavy atom. The first kappa shape index (κ1) is 15.6. The van der Waals surface area contributed by atoms with Gasteiger partial charge in [0.2, 0.25) is 0 Å². The number of carbonyl (C=O) groups is 1. The van der Waals surface area contributed by atoms with Crippen LogP contribution in [0.25, 0.3) is 9.88 Å². The molecule has 0 aliphatic heterocycles. The van der Waals surface area contributed by atoms with Crippen LogP contribution in [-0.4, -0.2) is 30.6 Å². The third-order valence-electron chi connectivity index (χ3n) is 2.47. The third kappa shape index (κ3) is 4.37. The van der Waals surface area contributed by atoms with E-state index in [4.69, 9.17) is 4.74 Å². The van der Waals surface area contributed by atoms with Crippen molar-refractivity contribution in [1.82, 2.24) is 10.3 Å². The molecule has 2 heterocycles. The molecule has 20 heavy (non-hydrogen) atoms. The maximum Gasteiger partial charge on any atom is 0.270 e. The van der Waals surface area contributed by atoms with E-state index in [0.29, 0.717) is 25.5 Å². The molecule has 0 unspecified atom stereocenters. The summed E-state index contributed by atoms with van der Waals surface area (Å²) < 4.78 is 6.25. The number of carbonyl (C=O) groups excluding carboxylic acids is 1. The number of nitrogens with zero attached hydrogens (tertiary/aromatic N) is 1. The minimum absolute atomic E-state index is 0.125. The molecule has 0 saturated carbocycles. The Morgan fingerprint density at radius 2 is 2.30 bits per heavy atom. The lowest BCUT2D eigenvalue weighted by Crippen LogP contribution is -2.25. The Morgan fingerprint density at radius 3 is 3.00 bits per heavy atom. The number of thiophene rings is 1. The smallest absolute Gasteiger partial charge is 0.270 e. The van der Waals surface area contributed by atoms with Gasteiger partial charge in [-0.05, 0) is 35.3 Å². The Labute approximate surface area is 134 Å². The minimum Gasteiger partial charge on any atom is -0.382 e. The number of halogens is 1. The van der Waals surface area contributed by atoms with Crippen LogP contribution in [0.4, 0.5) is 0 Å². The molecule has 1 amide bonds. The van der Waals surface area contributed by atoms with Gasteiger partial charge in [0.15, 0.2) is 0 Å². The van der Waals surface area contributed by atoms with Gasteiger partial charge in [0, 0.05) is 35.0 Å². The fourth-order valence-corrected chi connectivity index (χ4v) is 3.84. The summed E-state index contributed by atoms with van der Waals surface area (Å²) >= 11 is 6.51. The highest BCUT2D eigenvalue weighted by molar-refractivity contribution is 9.10. The molecule has 0 bridgehead atoms. The second kappa shape index (κ2) is 7.87. The van der Waals surface area contributed by atoms with Gasteiger partial charge in [0.05, 0.1) is 4.88 Å². The molecule has 0 aromatic carbocycles. The maximum absolute atomic E-state index is 11.9. The molecule has 1 N–H and O–H groups in total. The standard InChI is InChI=1S/C13H15BrN2O2S2/c1-2-18-5-3-4-15-12(17)10-8-20-13(16-10)11-6-9(14)7-19-11/h6-8H,2-5H2,1H3,(H,15,17). The molecule has 2 aromatic heterocycles. The van der Waals surface area contributed by atoms with Crippen LogP contribution in [0, 0.1) is 0 Å². The first-order valence-corrected chi connectivity index (χ1v) is 8.81. The Kier molecular flexibility index (Phi) is 6.15. The average Bonchev–Trinajstić information content (AvgIpc) is 3.06. The Bertz CT molecular complexity index is 568. The molecule has 0 spiro atoms. The molecule has 2 aromatic rings. The molecule has 0 saturated heterocycles. The van der Waals surface area contributed by atoms with E-state index < -0.39 is 0 Å². The normalized spacial score (nSPS) is 10.7. The van der Waals surface area contributed by atoms with Gasteiger partial charge in [-0.25, -0.2) is 4.98 Å². The Hall–Kier alpha value is -0.760. The first-order valence-electron chi connectivity index (χ1n) is 6.26. The number of rotatable bonds is 7. The van der Waals surface area contributed by atoms with Crippen LogP contribution in [0.5, 0.6) is 0 Å². The molecule has 7 heteroatoms. The van der Waals surface area contributed by atoms with Gasteiger partial charge in [0.25, 0.3) is 5.91 Å². The number of nitrogens with one attached hydrogen (secondary N) is 1. The van der Waals surface area contributed by atoms with E-state index in [1.807, 2.05) is 18.4 Å². The lowest BCUT2D eigenvalue weighted by atomic mass is 10.4. The maximum atomic E-state index is 11.9. The molecule has 0 radical (unpaired) electrons. The highest BCUT2D eigenvalue weighted by Gasteiger charge is 2.12. The van der Waals surface area contributed by atoms with Crippen molar-refractivity contribution in [3.63, 3.8) is 0 Å². The van der Waals surface area contributed by atoms with E-state index >= 15 is 0 Å². The average molecular weight is 375 g/mol. The quantitative estimate of drug-likeness (QED) is 0.750. The molecule has 2 rings (SSSR count). The zero-order valence-corrected chi connectivity index (χ0v) is 14.2. The summed E-state index contributed by atoms with van der Waals surface area (Å²) in [6.07, 6.45) is 0.814. The van der Waals surface area contributed by atoms with E-state index in [1.165, 1.54) is 11.3 Å². The van der Waals surface area contributed by atoms with Crippen molar-refractivity contribution in [3.8, 4) is 9.88 Å². The van der Waals surface area contributed by atoms with Crippen LogP contribution in [0.1, 0.15) is 23.8 Å². The van der Waals surface area contributed by atoms with Gasteiger partial charge in [0.1, 0.15) is 10.7 Å². The SMILES string of the molecule is CCOCCCNC(=O)c1csc(-c2cc(Br)cs2)n1. The van der Waals surface area contributed by atoms with Crippen molar-refractivity contribution < 1.29 is 9.53 Å². The van der Waals surface area contributed by atoms with E-state index in [9.17, 15) is 4.79 Å². The van der Waals surface area contributed by atoms with Crippen molar-refractivity contribution in [3.05, 3.63) is 27.0 Å². The highest BCUT2D eigenvalue weighted by Crippen LogP contribution is 2.31. The van der Waals surface area contributed by atoms with E-state index in [-0.39, 0.29) is 5.91 Å². The van der Waals surface area contributed by atoms with Gasteiger partial charge >= 0.3 is 0 Å². The molecular weight excluding hydrogens is 360 g/mol. The largest absolute Gasteiger partial charge is 0.382 e. The molecule has 4 nitrogen and oxygen atoms in total. The topological polar surface area (TPSA) is 51.2 Å². The van der Waals surface area contributed by atoms with Gasteiger partial charge in [-0.15, -0.1) is 22.7 Å². The zero-order chi connectivity index (χ0) is 14.4. The van der Waals surface area contributed by atoms with Crippen LogP contribution >= 0.6 is 38.6 Å². The van der Waals surface area contributed by atoms with Crippen LogP contribution in [0.2, 0.25) is 0 Å². The second-order valence-electron chi connectivity index (χ2n) is 3.97. The molecule has 0 aliphatic rings. The first-order chi connectivity index (χ1) is 9.70. The monoisotopic (exact) mass is 374 g/mol. The lowest BCUT2D eigenvalue weighted by molar-refractivity contribution is 0.0940. The van der Waals surface area contributed by atoms with Crippen molar-refractivity contribution in [1.29, 1.82) is 0 Å². The van der Waals surface area contributed by atoms with Crippen molar-refractivity contribution in [2.75, 3.05) is 19.8 Å². The zero-order valence-electron chi connectivity index (χ0n) is 11.0. The highest BCUT2D eigenvalue weighted by atomic mass is 79.9. The molecule has 0 aliphatic carbocycles. The fraction of sp³-hybridized carbons (Fsp3) is 0.385. The lowest BCUT2D eigenvalue weighted by Gasteiger charge is -2.03. The summed E-state index contributed by atoms with van der Waals surface area (Å²) in [7, 11) is 0. The number of amides is 1. The summed E-state index contributed by atoms with van der Waals surface area (Å²) in [4.78, 5) is 17.4. The summed E-state index contributed by atoms with van der Waals surface area (Å²) in [5.41, 5.74) is 0.478. The van der Waals surface area contributed by atoms with Gasteiger partial charge < -0.3 is 10.1 Å². The van der Waals surface area contributed by atoms with E-state index in [0.717, 1.165) is 20.8 Å². The predicted molar refractivity (Wildman–Crippen MR) is 86.6 cm³/mol. The number of aromatic nitrogens is 1. The summed E-state index contributed by atoms with van der Waals surface area (Å²) in [5.74, 6) is -0.125. The Balaban J connectivity index is 1.87. The van der Waals surface area contributed by atoms with Crippen LogP contribution in [0.15, 0.2) is 21.3 Å². The number of thiazole rings is 1. The van der Waals surface area contributed by atoms with Gasteiger partial charge in [-0.1, -0.05) is 0 Å². The van der Waals surface area contributed by atoms with Crippen molar-refractivity contribution in [2.45, 2.75) is 13.3 Å². The van der Waals surface area contributed by atoms with Crippen LogP contribution in [-0.2, 0) is 4.74 Å². The molecular formula is C13H15BrN2O2S2. The van der Waals surface area contributed by atoms with Crippen LogP contribution in [0.3, 0.4) is 0 Å². The van der Waals surface area contributed by atoms with E-state index in [2.05, 4.69) is 26.2 Å². The number of ether oxygens (including phenoxy) is 1. The van der Waals surface area contributed by atoms with Gasteiger partial charge in [-0.3, -0.25) is 4.79 Å². The van der Waals surface area contributed by atoms with Crippen molar-refractivity contribution >= 4 is 44.5 Å². The summed E-state index contributed by atoms with van der Waals surface area (Å²) in [5, 5.41) is 7.52. The number of hydrogen-bond donors (Lipinski definition) is 1. The number of hydrogen-bond acceptors (Lipinski definition) is 5. The predicted octanol–water partition coefficient (Wildman–Crippen LogP) is 3.79. The molecule has 108 valence electrons.